The van der Waals surface area contributed by atoms with Crippen molar-refractivity contribution in [2.45, 2.75) is 20.4 Å². The predicted octanol–water partition coefficient (Wildman–Crippen LogP) is 4.96. The van der Waals surface area contributed by atoms with E-state index in [1.807, 2.05) is 24.3 Å². The summed E-state index contributed by atoms with van der Waals surface area (Å²) in [6.45, 7) is 7.23. The minimum absolute atomic E-state index is 0.206. The van der Waals surface area contributed by atoms with Gasteiger partial charge in [-0.15, -0.1) is 0 Å². The number of hydrogen-bond acceptors (Lipinski definition) is 3. The first kappa shape index (κ1) is 20.6. The van der Waals surface area contributed by atoms with Crippen molar-refractivity contribution in [3.05, 3.63) is 63.6 Å². The van der Waals surface area contributed by atoms with Crippen LogP contribution >= 0.6 is 35.4 Å². The zero-order valence-electron chi connectivity index (χ0n) is 14.7. The average molecular weight is 410 g/mol. The molecular weight excluding hydrogens is 389 g/mol. The van der Waals surface area contributed by atoms with Gasteiger partial charge >= 0.3 is 0 Å². The maximum absolute atomic E-state index is 12.2. The van der Waals surface area contributed by atoms with E-state index in [1.165, 1.54) is 11.6 Å². The van der Waals surface area contributed by atoms with E-state index in [4.69, 9.17) is 35.4 Å². The first-order valence-corrected chi connectivity index (χ1v) is 9.48. The van der Waals surface area contributed by atoms with E-state index >= 15 is 0 Å². The molecule has 138 valence electrons. The predicted molar refractivity (Wildman–Crippen MR) is 113 cm³/mol. The Hall–Kier alpha value is -1.66. The molecule has 0 spiro atoms. The molecule has 0 aliphatic heterocycles. The van der Waals surface area contributed by atoms with Crippen molar-refractivity contribution in [1.29, 1.82) is 0 Å². The van der Waals surface area contributed by atoms with Crippen LogP contribution in [0.5, 0.6) is 0 Å². The Balaban J connectivity index is 1.94. The fourth-order valence-electron chi connectivity index (χ4n) is 2.41. The molecule has 0 aromatic heterocycles. The van der Waals surface area contributed by atoms with E-state index in [0.29, 0.717) is 10.6 Å². The van der Waals surface area contributed by atoms with Crippen molar-refractivity contribution < 1.29 is 4.79 Å². The van der Waals surface area contributed by atoms with Gasteiger partial charge in [0.25, 0.3) is 5.91 Å². The molecule has 0 saturated carbocycles. The molecule has 2 aromatic carbocycles. The Morgan fingerprint density at radius 2 is 1.73 bits per heavy atom. The van der Waals surface area contributed by atoms with Gasteiger partial charge in [-0.25, -0.2) is 0 Å². The zero-order valence-corrected chi connectivity index (χ0v) is 17.0. The second-order valence-electron chi connectivity index (χ2n) is 5.69. The molecule has 0 unspecified atom stereocenters. The lowest BCUT2D eigenvalue weighted by atomic mass is 10.2. The molecule has 0 bridgehead atoms. The smallest absolute Gasteiger partial charge is 0.258 e. The molecule has 0 aliphatic carbocycles. The van der Waals surface area contributed by atoms with Gasteiger partial charge in [0.2, 0.25) is 0 Å². The number of halogens is 2. The molecule has 4 nitrogen and oxygen atoms in total. The topological polar surface area (TPSA) is 44.4 Å². The van der Waals surface area contributed by atoms with Crippen LogP contribution in [0, 0.1) is 0 Å². The molecule has 7 heteroatoms. The van der Waals surface area contributed by atoms with Crippen LogP contribution in [0.3, 0.4) is 0 Å². The van der Waals surface area contributed by atoms with Crippen molar-refractivity contribution in [2.24, 2.45) is 0 Å². The number of carbonyl (C=O) groups is 1. The summed E-state index contributed by atoms with van der Waals surface area (Å²) in [5.74, 6) is -0.387. The van der Waals surface area contributed by atoms with Crippen LogP contribution in [0.25, 0.3) is 0 Å². The summed E-state index contributed by atoms with van der Waals surface area (Å²) < 4.78 is 0. The molecular formula is C19H21Cl2N3OS. The van der Waals surface area contributed by atoms with Gasteiger partial charge in [0.15, 0.2) is 5.11 Å². The highest BCUT2D eigenvalue weighted by Crippen LogP contribution is 2.21. The number of nitrogens with zero attached hydrogens (tertiary/aromatic N) is 1. The summed E-state index contributed by atoms with van der Waals surface area (Å²) in [6.07, 6.45) is 0. The van der Waals surface area contributed by atoms with Crippen molar-refractivity contribution in [2.75, 3.05) is 18.4 Å². The summed E-state index contributed by atoms with van der Waals surface area (Å²) in [5.41, 5.74) is 2.35. The SMILES string of the molecule is CCN(CC)Cc1ccc(NC(=S)NC(=O)c2ccc(Cl)cc2Cl)cc1. The Morgan fingerprint density at radius 3 is 2.31 bits per heavy atom. The maximum Gasteiger partial charge on any atom is 0.258 e. The third kappa shape index (κ3) is 5.95. The normalized spacial score (nSPS) is 10.7. The minimum atomic E-state index is -0.387. The average Bonchev–Trinajstić information content (AvgIpc) is 2.60. The summed E-state index contributed by atoms with van der Waals surface area (Å²) >= 11 is 17.1. The van der Waals surface area contributed by atoms with Gasteiger partial charge in [0, 0.05) is 17.3 Å². The van der Waals surface area contributed by atoms with Gasteiger partial charge in [-0.1, -0.05) is 49.2 Å². The van der Waals surface area contributed by atoms with Gasteiger partial charge in [-0.3, -0.25) is 15.0 Å². The number of rotatable bonds is 6. The van der Waals surface area contributed by atoms with Gasteiger partial charge in [0.1, 0.15) is 0 Å². The number of amides is 1. The Labute approximate surface area is 169 Å². The van der Waals surface area contributed by atoms with Crippen LogP contribution in [-0.2, 0) is 6.54 Å². The Kier molecular flexibility index (Phi) is 7.85. The number of benzene rings is 2. The third-order valence-corrected chi connectivity index (χ3v) is 4.67. The first-order valence-electron chi connectivity index (χ1n) is 8.31. The molecule has 2 N–H and O–H groups in total. The van der Waals surface area contributed by atoms with Crippen LogP contribution in [-0.4, -0.2) is 29.0 Å². The van der Waals surface area contributed by atoms with Gasteiger partial charge in [0.05, 0.1) is 10.6 Å². The number of anilines is 1. The molecule has 0 atom stereocenters. The molecule has 1 amide bonds. The summed E-state index contributed by atoms with van der Waals surface area (Å²) in [5, 5.41) is 6.57. The lowest BCUT2D eigenvalue weighted by Gasteiger charge is -2.18. The van der Waals surface area contributed by atoms with E-state index < -0.39 is 0 Å². The van der Waals surface area contributed by atoms with E-state index in [0.717, 1.165) is 25.3 Å². The molecule has 0 saturated heterocycles. The van der Waals surface area contributed by atoms with Crippen molar-refractivity contribution in [3.8, 4) is 0 Å². The van der Waals surface area contributed by atoms with Crippen molar-refractivity contribution in [1.82, 2.24) is 10.2 Å². The summed E-state index contributed by atoms with van der Waals surface area (Å²) in [4.78, 5) is 14.6. The molecule has 0 fully saturated rings. The van der Waals surface area contributed by atoms with Crippen LogP contribution in [0.15, 0.2) is 42.5 Å². The summed E-state index contributed by atoms with van der Waals surface area (Å²) in [7, 11) is 0. The second kappa shape index (κ2) is 9.88. The quantitative estimate of drug-likeness (QED) is 0.661. The van der Waals surface area contributed by atoms with E-state index in [1.54, 1.807) is 12.1 Å². The number of nitrogens with one attached hydrogen (secondary N) is 2. The van der Waals surface area contributed by atoms with Crippen LogP contribution in [0.2, 0.25) is 10.0 Å². The first-order chi connectivity index (χ1) is 12.4. The lowest BCUT2D eigenvalue weighted by Crippen LogP contribution is -2.34. The molecule has 0 aliphatic rings. The van der Waals surface area contributed by atoms with E-state index in [9.17, 15) is 4.79 Å². The minimum Gasteiger partial charge on any atom is -0.332 e. The van der Waals surface area contributed by atoms with Crippen LogP contribution < -0.4 is 10.6 Å². The highest BCUT2D eigenvalue weighted by molar-refractivity contribution is 7.80. The third-order valence-electron chi connectivity index (χ3n) is 3.92. The Morgan fingerprint density at radius 1 is 1.08 bits per heavy atom. The molecule has 2 aromatic rings. The number of carbonyl (C=O) groups excluding carboxylic acids is 1. The van der Waals surface area contributed by atoms with Gasteiger partial charge < -0.3 is 5.32 Å². The van der Waals surface area contributed by atoms with E-state index in [-0.39, 0.29) is 16.0 Å². The van der Waals surface area contributed by atoms with Crippen LogP contribution in [0.4, 0.5) is 5.69 Å². The molecule has 0 radical (unpaired) electrons. The standard InChI is InChI=1S/C19H21Cl2N3OS/c1-3-24(4-2)12-13-5-8-15(9-6-13)22-19(26)23-18(25)16-10-7-14(20)11-17(16)21/h5-11H,3-4,12H2,1-2H3,(H2,22,23,25,26). The molecule has 2 rings (SSSR count). The molecule has 0 heterocycles. The van der Waals surface area contributed by atoms with Crippen molar-refractivity contribution >= 4 is 52.1 Å². The van der Waals surface area contributed by atoms with E-state index in [2.05, 4.69) is 29.4 Å². The van der Waals surface area contributed by atoms with Gasteiger partial charge in [-0.05, 0) is 61.2 Å². The maximum atomic E-state index is 12.2. The van der Waals surface area contributed by atoms with Gasteiger partial charge in [-0.2, -0.15) is 0 Å². The second-order valence-corrected chi connectivity index (χ2v) is 6.94. The molecule has 26 heavy (non-hydrogen) atoms. The number of hydrogen-bond donors (Lipinski definition) is 2. The monoisotopic (exact) mass is 409 g/mol. The Bertz CT molecular complexity index is 777. The fourth-order valence-corrected chi connectivity index (χ4v) is 3.11. The highest BCUT2D eigenvalue weighted by atomic mass is 35.5. The summed E-state index contributed by atoms with van der Waals surface area (Å²) in [6, 6.07) is 12.6. The van der Waals surface area contributed by atoms with Crippen LogP contribution in [0.1, 0.15) is 29.8 Å². The fraction of sp³-hybridized carbons (Fsp3) is 0.263. The number of thiocarbonyl (C=S) groups is 1. The highest BCUT2D eigenvalue weighted by Gasteiger charge is 2.12. The van der Waals surface area contributed by atoms with Crippen molar-refractivity contribution in [3.63, 3.8) is 0 Å². The zero-order chi connectivity index (χ0) is 19.1. The lowest BCUT2D eigenvalue weighted by molar-refractivity contribution is 0.0978. The largest absolute Gasteiger partial charge is 0.332 e.